The summed E-state index contributed by atoms with van der Waals surface area (Å²) >= 11 is 5.29. The van der Waals surface area contributed by atoms with Crippen LogP contribution in [0.4, 0.5) is 11.4 Å². The van der Waals surface area contributed by atoms with Crippen LogP contribution < -0.4 is 9.80 Å². The van der Waals surface area contributed by atoms with Crippen LogP contribution in [0, 0.1) is 0 Å². The third-order valence-electron chi connectivity index (χ3n) is 9.95. The molecular formula is C44H42N3OS3+. The first-order valence-electron chi connectivity index (χ1n) is 18.1. The summed E-state index contributed by atoms with van der Waals surface area (Å²) in [5.74, 6) is 0.0721. The van der Waals surface area contributed by atoms with Crippen LogP contribution in [0.3, 0.4) is 0 Å². The molecule has 4 aliphatic rings. The zero-order chi connectivity index (χ0) is 34.9. The number of likely N-dealkylation sites (N-methyl/N-ethyl adjacent to an activating group) is 1. The molecule has 0 aromatic heterocycles. The number of anilines is 2. The number of hydrogen-bond donors (Lipinski definition) is 0. The van der Waals surface area contributed by atoms with Crippen molar-refractivity contribution >= 4 is 75.3 Å². The third kappa shape index (κ3) is 6.56. The highest BCUT2D eigenvalue weighted by molar-refractivity contribution is 8.18. The van der Waals surface area contributed by atoms with Gasteiger partial charge in [-0.2, -0.15) is 4.58 Å². The van der Waals surface area contributed by atoms with Gasteiger partial charge in [0.25, 0.3) is 5.04 Å². The van der Waals surface area contributed by atoms with E-state index >= 15 is 0 Å². The first kappa shape index (κ1) is 33.9. The molecule has 0 bridgehead atoms. The van der Waals surface area contributed by atoms with E-state index in [0.29, 0.717) is 6.54 Å². The van der Waals surface area contributed by atoms with E-state index < -0.39 is 0 Å². The largest absolute Gasteiger partial charge is 0.427 e. The van der Waals surface area contributed by atoms with Crippen molar-refractivity contribution in [2.75, 3.05) is 29.4 Å². The van der Waals surface area contributed by atoms with Gasteiger partial charge in [0.15, 0.2) is 6.54 Å². The van der Waals surface area contributed by atoms with Crippen molar-refractivity contribution in [2.45, 2.75) is 56.2 Å². The van der Waals surface area contributed by atoms with Gasteiger partial charge in [-0.15, -0.1) is 0 Å². The van der Waals surface area contributed by atoms with Crippen LogP contribution in [0.15, 0.2) is 128 Å². The zero-order valence-corrected chi connectivity index (χ0v) is 31.8. The summed E-state index contributed by atoms with van der Waals surface area (Å²) in [6, 6.07) is 32.2. The highest BCUT2D eigenvalue weighted by atomic mass is 32.2. The Morgan fingerprint density at radius 2 is 1.45 bits per heavy atom. The monoisotopic (exact) mass is 724 g/mol. The van der Waals surface area contributed by atoms with Crippen LogP contribution in [0.1, 0.15) is 61.4 Å². The first-order chi connectivity index (χ1) is 25.1. The van der Waals surface area contributed by atoms with Crippen LogP contribution >= 0.6 is 35.3 Å². The second-order valence-electron chi connectivity index (χ2n) is 13.0. The number of thioether (sulfide) groups is 3. The van der Waals surface area contributed by atoms with Crippen molar-refractivity contribution in [2.24, 2.45) is 0 Å². The lowest BCUT2D eigenvalue weighted by Gasteiger charge is -2.21. The number of amides is 1. The number of hydrogen-bond acceptors (Lipinski definition) is 6. The lowest BCUT2D eigenvalue weighted by atomic mass is 9.91. The van der Waals surface area contributed by atoms with E-state index in [4.69, 9.17) is 0 Å². The quantitative estimate of drug-likeness (QED) is 0.102. The van der Waals surface area contributed by atoms with Gasteiger partial charge in [-0.05, 0) is 110 Å². The maximum Gasteiger partial charge on any atom is 0.427 e. The van der Waals surface area contributed by atoms with Crippen molar-refractivity contribution in [3.63, 3.8) is 0 Å². The van der Waals surface area contributed by atoms with E-state index in [1.807, 2.05) is 28.5 Å². The summed E-state index contributed by atoms with van der Waals surface area (Å²) in [5, 5.41) is 3.32. The molecular weight excluding hydrogens is 683 g/mol. The molecule has 256 valence electrons. The number of nitrogens with zero attached hydrogens (tertiary/aromatic N) is 3. The van der Waals surface area contributed by atoms with Gasteiger partial charge in [-0.1, -0.05) is 108 Å². The number of rotatable bonds is 8. The highest BCUT2D eigenvalue weighted by Crippen LogP contribution is 2.51. The molecule has 0 radical (unpaired) electrons. The lowest BCUT2D eigenvalue weighted by Crippen LogP contribution is -2.21. The molecule has 0 spiro atoms. The van der Waals surface area contributed by atoms with E-state index in [9.17, 15) is 4.79 Å². The molecule has 7 heteroatoms. The van der Waals surface area contributed by atoms with Crippen molar-refractivity contribution in [3.8, 4) is 0 Å². The van der Waals surface area contributed by atoms with Crippen LogP contribution in [-0.4, -0.2) is 35.2 Å². The Morgan fingerprint density at radius 1 is 0.745 bits per heavy atom. The number of benzene rings is 4. The van der Waals surface area contributed by atoms with Crippen LogP contribution in [0.5, 0.6) is 0 Å². The molecule has 4 aromatic carbocycles. The minimum atomic E-state index is 0.0721. The van der Waals surface area contributed by atoms with Crippen LogP contribution in [0.2, 0.25) is 0 Å². The Labute approximate surface area is 314 Å². The van der Waals surface area contributed by atoms with Gasteiger partial charge in [-0.25, -0.2) is 4.79 Å². The molecule has 3 heterocycles. The normalized spacial score (nSPS) is 19.5. The van der Waals surface area contributed by atoms with Crippen LogP contribution in [0.25, 0.3) is 17.7 Å². The van der Waals surface area contributed by atoms with Crippen molar-refractivity contribution < 1.29 is 9.37 Å². The van der Waals surface area contributed by atoms with E-state index in [1.165, 1.54) is 67.7 Å². The third-order valence-corrected chi connectivity index (χ3v) is 13.4. The average molecular weight is 725 g/mol. The van der Waals surface area contributed by atoms with Gasteiger partial charge in [-0.3, -0.25) is 0 Å². The average Bonchev–Trinajstić information content (AvgIpc) is 3.82. The second-order valence-corrected chi connectivity index (χ2v) is 16.1. The smallest absolute Gasteiger partial charge is 0.335 e. The first-order valence-corrected chi connectivity index (χ1v) is 20.5. The maximum atomic E-state index is 14.4. The highest BCUT2D eigenvalue weighted by Gasteiger charge is 2.40. The number of allylic oxidation sites excluding steroid dienone is 2. The Bertz CT molecular complexity index is 2160. The topological polar surface area (TPSA) is 26.6 Å². The summed E-state index contributed by atoms with van der Waals surface area (Å²) in [7, 11) is 0. The fourth-order valence-corrected chi connectivity index (χ4v) is 11.2. The summed E-state index contributed by atoms with van der Waals surface area (Å²) in [6.07, 6.45) is 13.7. The summed E-state index contributed by atoms with van der Waals surface area (Å²) in [6.45, 7) is 8.83. The molecule has 0 fully saturated rings. The molecule has 4 aromatic rings. The predicted molar refractivity (Wildman–Crippen MR) is 221 cm³/mol. The molecule has 1 aliphatic carbocycles. The number of carbonyl (C=O) groups is 1. The fourth-order valence-electron chi connectivity index (χ4n) is 7.37. The molecule has 1 amide bonds. The second kappa shape index (κ2) is 14.8. The van der Waals surface area contributed by atoms with Crippen molar-refractivity contribution in [1.29, 1.82) is 0 Å². The van der Waals surface area contributed by atoms with E-state index in [0.717, 1.165) is 45.6 Å². The maximum absolute atomic E-state index is 14.4. The molecule has 0 unspecified atom stereocenters. The minimum Gasteiger partial charge on any atom is -0.335 e. The predicted octanol–water partition coefficient (Wildman–Crippen LogP) is 11.1. The van der Waals surface area contributed by atoms with Crippen molar-refractivity contribution in [1.82, 2.24) is 0 Å². The molecule has 51 heavy (non-hydrogen) atoms. The molecule has 4 nitrogen and oxygen atoms in total. The summed E-state index contributed by atoms with van der Waals surface area (Å²) in [4.78, 5) is 22.6. The Morgan fingerprint density at radius 3 is 2.22 bits per heavy atom. The van der Waals surface area contributed by atoms with Gasteiger partial charge in [0, 0.05) is 34.5 Å². The number of carbonyl (C=O) groups excluding carboxylic acids is 1. The standard InChI is InChI=1S/C44H42N3OS3/c1-4-45-36-25-23-31(22-21-30-15-9-7-10-16-30)27-38(36)49-40(45)29-41-47(6-3)44(48)43(51-41)35(32-17-11-8-12-18-32)28-39-46(5-2)37-26-24-33-19-13-14-20-34(33)42(37)50-39/h7-12,15-18,21-29H,4-6,13-14,19-20H2,1-3H3/q+1. The molecule has 0 saturated carbocycles. The van der Waals surface area contributed by atoms with Gasteiger partial charge >= 0.3 is 5.91 Å². The van der Waals surface area contributed by atoms with Crippen molar-refractivity contribution in [3.05, 3.63) is 146 Å². The molecule has 3 aliphatic heterocycles. The Balaban J connectivity index is 1.14. The molecule has 0 saturated heterocycles. The van der Waals surface area contributed by atoms with E-state index in [2.05, 4.69) is 134 Å². The number of fused-ring (bicyclic) bond motifs is 4. The summed E-state index contributed by atoms with van der Waals surface area (Å²) in [5.41, 5.74) is 9.97. The van der Waals surface area contributed by atoms with Gasteiger partial charge in [0.1, 0.15) is 4.91 Å². The zero-order valence-electron chi connectivity index (χ0n) is 29.4. The number of aryl methyl sites for hydroxylation is 1. The van der Waals surface area contributed by atoms with Gasteiger partial charge in [0.05, 0.1) is 21.4 Å². The Hall–Kier alpha value is -4.17. The minimum absolute atomic E-state index is 0.0721. The SMILES string of the molecule is CCN1C(=CC2=[N+](CC)C(=O)C(=C(C=C3Sc4c(ccc5c4CCCC5)N3CC)c3ccccc3)S2)Sc2cc(C=Cc3ccccc3)ccc21. The van der Waals surface area contributed by atoms with Gasteiger partial charge in [0.2, 0.25) is 0 Å². The van der Waals surface area contributed by atoms with Crippen LogP contribution in [-0.2, 0) is 17.6 Å². The van der Waals surface area contributed by atoms with Gasteiger partial charge < -0.3 is 9.80 Å². The molecule has 0 atom stereocenters. The van der Waals surface area contributed by atoms with E-state index in [1.54, 1.807) is 23.5 Å². The lowest BCUT2D eigenvalue weighted by molar-refractivity contribution is -0.435. The van der Waals surface area contributed by atoms with E-state index in [-0.39, 0.29) is 5.91 Å². The fraction of sp³-hybridized carbons (Fsp3) is 0.227. The molecule has 8 rings (SSSR count). The Kier molecular flexibility index (Phi) is 9.87. The summed E-state index contributed by atoms with van der Waals surface area (Å²) < 4.78 is 1.95. The molecule has 0 N–H and O–H groups in total.